The molecule has 2 N–H and O–H groups in total. The van der Waals surface area contributed by atoms with Crippen molar-refractivity contribution in [2.24, 2.45) is 11.8 Å². The molecule has 2 aliphatic heterocycles. The largest absolute Gasteiger partial charge is 0.481 e. The van der Waals surface area contributed by atoms with Crippen LogP contribution in [0.15, 0.2) is 24.5 Å². The molecule has 1 aromatic heterocycles. The fourth-order valence-electron chi connectivity index (χ4n) is 3.66. The number of aliphatic carboxylic acids is 1. The molecule has 0 bridgehead atoms. The van der Waals surface area contributed by atoms with Gasteiger partial charge in [0, 0.05) is 50.8 Å². The predicted octanol–water partition coefficient (Wildman–Crippen LogP) is 1.80. The molecule has 1 unspecified atom stereocenters. The maximum absolute atomic E-state index is 12.3. The van der Waals surface area contributed by atoms with Gasteiger partial charge in [-0.1, -0.05) is 0 Å². The maximum atomic E-state index is 12.3. The van der Waals surface area contributed by atoms with Gasteiger partial charge in [-0.05, 0) is 43.7 Å². The van der Waals surface area contributed by atoms with E-state index in [4.69, 9.17) is 5.11 Å². The van der Waals surface area contributed by atoms with Crippen LogP contribution >= 0.6 is 0 Å². The van der Waals surface area contributed by atoms with Crippen LogP contribution in [-0.4, -0.2) is 59.7 Å². The van der Waals surface area contributed by atoms with E-state index < -0.39 is 11.9 Å². The first kappa shape index (κ1) is 17.5. The summed E-state index contributed by atoms with van der Waals surface area (Å²) in [7, 11) is 0. The molecule has 2 saturated heterocycles. The van der Waals surface area contributed by atoms with Crippen LogP contribution in [-0.2, 0) is 4.79 Å². The highest BCUT2D eigenvalue weighted by Crippen LogP contribution is 2.22. The molecule has 1 aromatic rings. The monoisotopic (exact) mass is 346 g/mol. The van der Waals surface area contributed by atoms with E-state index in [9.17, 15) is 9.59 Å². The smallest absolute Gasteiger partial charge is 0.317 e. The number of urea groups is 1. The second kappa shape index (κ2) is 8.18. The van der Waals surface area contributed by atoms with Crippen molar-refractivity contribution in [3.05, 3.63) is 24.5 Å². The number of carbonyl (C=O) groups is 2. The third kappa shape index (κ3) is 4.61. The van der Waals surface area contributed by atoms with Gasteiger partial charge in [0.25, 0.3) is 0 Å². The molecule has 0 radical (unpaired) electrons. The summed E-state index contributed by atoms with van der Waals surface area (Å²) in [5.74, 6) is -0.758. The highest BCUT2D eigenvalue weighted by molar-refractivity contribution is 5.76. The Balaban J connectivity index is 1.41. The van der Waals surface area contributed by atoms with Crippen LogP contribution < -0.4 is 10.2 Å². The van der Waals surface area contributed by atoms with Gasteiger partial charge in [0.1, 0.15) is 0 Å². The zero-order valence-electron chi connectivity index (χ0n) is 14.4. The van der Waals surface area contributed by atoms with Crippen LogP contribution in [0.25, 0.3) is 0 Å². The van der Waals surface area contributed by atoms with E-state index in [1.54, 1.807) is 4.90 Å². The summed E-state index contributed by atoms with van der Waals surface area (Å²) in [6.45, 7) is 3.60. The number of pyridine rings is 1. The molecule has 25 heavy (non-hydrogen) atoms. The number of nitrogens with one attached hydrogen (secondary N) is 1. The predicted molar refractivity (Wildman–Crippen MR) is 94.5 cm³/mol. The minimum Gasteiger partial charge on any atom is -0.481 e. The number of carbonyl (C=O) groups excluding carboxylic acids is 1. The molecule has 0 aromatic carbocycles. The number of piperidine rings is 2. The maximum Gasteiger partial charge on any atom is 0.317 e. The Kier molecular flexibility index (Phi) is 5.73. The fraction of sp³-hybridized carbons (Fsp3) is 0.611. The summed E-state index contributed by atoms with van der Waals surface area (Å²) in [5, 5.41) is 12.1. The molecule has 2 aliphatic rings. The van der Waals surface area contributed by atoms with Gasteiger partial charge >= 0.3 is 12.0 Å². The van der Waals surface area contributed by atoms with E-state index >= 15 is 0 Å². The average molecular weight is 346 g/mol. The van der Waals surface area contributed by atoms with Crippen LogP contribution in [0, 0.1) is 11.8 Å². The van der Waals surface area contributed by atoms with Crippen LogP contribution in [0.3, 0.4) is 0 Å². The molecule has 0 aliphatic carbocycles. The molecule has 0 spiro atoms. The summed E-state index contributed by atoms with van der Waals surface area (Å²) < 4.78 is 0. The lowest BCUT2D eigenvalue weighted by atomic mass is 9.96. The SMILES string of the molecule is O=C(O)C1CCCN(C(=O)NCC2CCN(c3ccncc3)CC2)C1. The zero-order valence-corrected chi connectivity index (χ0v) is 14.4. The zero-order chi connectivity index (χ0) is 17.6. The summed E-state index contributed by atoms with van der Waals surface area (Å²) in [5.41, 5.74) is 1.20. The molecule has 1 atom stereocenters. The quantitative estimate of drug-likeness (QED) is 0.868. The molecule has 7 nitrogen and oxygen atoms in total. The Hall–Kier alpha value is -2.31. The second-order valence-corrected chi connectivity index (χ2v) is 6.95. The lowest BCUT2D eigenvalue weighted by molar-refractivity contribution is -0.143. The van der Waals surface area contributed by atoms with Gasteiger partial charge in [0.2, 0.25) is 0 Å². The first-order valence-electron chi connectivity index (χ1n) is 9.04. The van der Waals surface area contributed by atoms with Crippen LogP contribution in [0.1, 0.15) is 25.7 Å². The minimum atomic E-state index is -0.805. The molecule has 2 fully saturated rings. The highest BCUT2D eigenvalue weighted by Gasteiger charge is 2.28. The average Bonchev–Trinajstić information content (AvgIpc) is 2.67. The van der Waals surface area contributed by atoms with Gasteiger partial charge in [-0.25, -0.2) is 4.79 Å². The first-order valence-corrected chi connectivity index (χ1v) is 9.04. The van der Waals surface area contributed by atoms with E-state index in [0.717, 1.165) is 32.4 Å². The molecule has 7 heteroatoms. The summed E-state index contributed by atoms with van der Waals surface area (Å²) in [6, 6.07) is 3.93. The number of likely N-dealkylation sites (tertiary alicyclic amines) is 1. The Bertz CT molecular complexity index is 587. The van der Waals surface area contributed by atoms with Crippen molar-refractivity contribution in [2.75, 3.05) is 37.6 Å². The highest BCUT2D eigenvalue weighted by atomic mass is 16.4. The third-order valence-corrected chi connectivity index (χ3v) is 5.24. The standard InChI is InChI=1S/C18H26N4O3/c23-17(24)15-2-1-9-22(13-15)18(25)20-12-14-5-10-21(11-6-14)16-3-7-19-8-4-16/h3-4,7-8,14-15H,1-2,5-6,9-13H2,(H,20,25)(H,23,24). The van der Waals surface area contributed by atoms with Crippen molar-refractivity contribution in [2.45, 2.75) is 25.7 Å². The lowest BCUT2D eigenvalue weighted by Crippen LogP contribution is -2.48. The van der Waals surface area contributed by atoms with Crippen LogP contribution in [0.5, 0.6) is 0 Å². The van der Waals surface area contributed by atoms with Gasteiger partial charge in [0.15, 0.2) is 0 Å². The Morgan fingerprint density at radius 1 is 1.16 bits per heavy atom. The van der Waals surface area contributed by atoms with E-state index in [1.165, 1.54) is 5.69 Å². The number of hydrogen-bond donors (Lipinski definition) is 2. The van der Waals surface area contributed by atoms with E-state index in [1.807, 2.05) is 24.5 Å². The van der Waals surface area contributed by atoms with Crippen molar-refractivity contribution >= 4 is 17.7 Å². The number of hydrogen-bond acceptors (Lipinski definition) is 4. The minimum absolute atomic E-state index is 0.123. The first-order chi connectivity index (χ1) is 12.1. The van der Waals surface area contributed by atoms with E-state index in [2.05, 4.69) is 15.2 Å². The second-order valence-electron chi connectivity index (χ2n) is 6.95. The fourth-order valence-corrected chi connectivity index (χ4v) is 3.66. The molecule has 0 saturated carbocycles. The number of rotatable bonds is 4. The Labute approximate surface area is 148 Å². The van der Waals surface area contributed by atoms with Crippen LogP contribution in [0.2, 0.25) is 0 Å². The van der Waals surface area contributed by atoms with E-state index in [-0.39, 0.29) is 6.03 Å². The number of carboxylic acids is 1. The van der Waals surface area contributed by atoms with Crippen LogP contribution in [0.4, 0.5) is 10.5 Å². The number of carboxylic acid groups (broad SMARTS) is 1. The van der Waals surface area contributed by atoms with Crippen molar-refractivity contribution in [3.8, 4) is 0 Å². The van der Waals surface area contributed by atoms with Gasteiger partial charge in [-0.2, -0.15) is 0 Å². The van der Waals surface area contributed by atoms with Gasteiger partial charge in [0.05, 0.1) is 5.92 Å². The molecule has 136 valence electrons. The Morgan fingerprint density at radius 3 is 2.56 bits per heavy atom. The summed E-state index contributed by atoms with van der Waals surface area (Å²) in [4.78, 5) is 31.5. The van der Waals surface area contributed by atoms with Crippen molar-refractivity contribution in [1.82, 2.24) is 15.2 Å². The van der Waals surface area contributed by atoms with Crippen molar-refractivity contribution < 1.29 is 14.7 Å². The lowest BCUT2D eigenvalue weighted by Gasteiger charge is -2.35. The van der Waals surface area contributed by atoms with Gasteiger partial charge < -0.3 is 20.2 Å². The number of amides is 2. The van der Waals surface area contributed by atoms with Crippen molar-refractivity contribution in [3.63, 3.8) is 0 Å². The number of aromatic nitrogens is 1. The van der Waals surface area contributed by atoms with Crippen molar-refractivity contribution in [1.29, 1.82) is 0 Å². The van der Waals surface area contributed by atoms with E-state index in [0.29, 0.717) is 32.0 Å². The van der Waals surface area contributed by atoms with Gasteiger partial charge in [-0.15, -0.1) is 0 Å². The molecule has 3 rings (SSSR count). The summed E-state index contributed by atoms with van der Waals surface area (Å²) >= 11 is 0. The third-order valence-electron chi connectivity index (χ3n) is 5.24. The molecule has 3 heterocycles. The molecule has 2 amide bonds. The molecular formula is C18H26N4O3. The number of anilines is 1. The van der Waals surface area contributed by atoms with Gasteiger partial charge in [-0.3, -0.25) is 9.78 Å². The number of nitrogens with zero attached hydrogens (tertiary/aromatic N) is 3. The normalized spacial score (nSPS) is 21.8. The topological polar surface area (TPSA) is 85.8 Å². The Morgan fingerprint density at radius 2 is 1.88 bits per heavy atom. The molecular weight excluding hydrogens is 320 g/mol. The summed E-state index contributed by atoms with van der Waals surface area (Å²) in [6.07, 6.45) is 7.12.